The SMILES string of the molecule is COCC1CCN(c2snc(N)c2C2CC2)CC1. The number of rotatable bonds is 4. The Morgan fingerprint density at radius 3 is 2.67 bits per heavy atom. The lowest BCUT2D eigenvalue weighted by atomic mass is 9.97. The first-order chi connectivity index (χ1) is 8.79. The summed E-state index contributed by atoms with van der Waals surface area (Å²) >= 11 is 1.59. The number of nitrogens with two attached hydrogens (primary N) is 1. The van der Waals surface area contributed by atoms with Crippen LogP contribution in [0, 0.1) is 5.92 Å². The highest BCUT2D eigenvalue weighted by molar-refractivity contribution is 7.10. The molecular weight excluding hydrogens is 246 g/mol. The Morgan fingerprint density at radius 1 is 1.33 bits per heavy atom. The Balaban J connectivity index is 1.69. The molecule has 1 aliphatic heterocycles. The second kappa shape index (κ2) is 5.05. The van der Waals surface area contributed by atoms with E-state index >= 15 is 0 Å². The van der Waals surface area contributed by atoms with Crippen LogP contribution in [0.5, 0.6) is 0 Å². The summed E-state index contributed by atoms with van der Waals surface area (Å²) in [6.45, 7) is 3.14. The van der Waals surface area contributed by atoms with Gasteiger partial charge in [-0.15, -0.1) is 0 Å². The van der Waals surface area contributed by atoms with Crippen LogP contribution in [0.4, 0.5) is 10.8 Å². The highest BCUT2D eigenvalue weighted by Gasteiger charge is 2.33. The van der Waals surface area contributed by atoms with Crippen LogP contribution in [-0.4, -0.2) is 31.2 Å². The van der Waals surface area contributed by atoms with Crippen molar-refractivity contribution in [3.63, 3.8) is 0 Å². The molecule has 0 bridgehead atoms. The quantitative estimate of drug-likeness (QED) is 0.910. The molecule has 2 heterocycles. The summed E-state index contributed by atoms with van der Waals surface area (Å²) in [6.07, 6.45) is 5.01. The number of nitrogen functional groups attached to an aromatic ring is 1. The minimum atomic E-state index is 0.690. The molecule has 4 nitrogen and oxygen atoms in total. The molecule has 0 unspecified atom stereocenters. The Kier molecular flexibility index (Phi) is 3.43. The van der Waals surface area contributed by atoms with Crippen molar-refractivity contribution in [2.24, 2.45) is 5.92 Å². The van der Waals surface area contributed by atoms with E-state index < -0.39 is 0 Å². The zero-order chi connectivity index (χ0) is 12.5. The van der Waals surface area contributed by atoms with Gasteiger partial charge in [0.1, 0.15) is 10.8 Å². The Labute approximate surface area is 112 Å². The summed E-state index contributed by atoms with van der Waals surface area (Å²) in [5, 5.41) is 1.34. The molecule has 2 aliphatic rings. The molecule has 5 heteroatoms. The smallest absolute Gasteiger partial charge is 0.142 e. The van der Waals surface area contributed by atoms with Gasteiger partial charge in [0.2, 0.25) is 0 Å². The van der Waals surface area contributed by atoms with E-state index in [4.69, 9.17) is 10.5 Å². The number of hydrogen-bond donors (Lipinski definition) is 1. The van der Waals surface area contributed by atoms with Gasteiger partial charge in [0.05, 0.1) is 0 Å². The maximum absolute atomic E-state index is 6.02. The van der Waals surface area contributed by atoms with Crippen LogP contribution in [0.3, 0.4) is 0 Å². The fourth-order valence-corrected chi connectivity index (χ4v) is 3.77. The van der Waals surface area contributed by atoms with Gasteiger partial charge in [0.15, 0.2) is 0 Å². The number of nitrogens with zero attached hydrogens (tertiary/aromatic N) is 2. The molecule has 1 aromatic rings. The first-order valence-corrected chi connectivity index (χ1v) is 7.56. The highest BCUT2D eigenvalue weighted by Crippen LogP contribution is 2.49. The lowest BCUT2D eigenvalue weighted by molar-refractivity contribution is 0.139. The second-order valence-corrected chi connectivity index (χ2v) is 6.20. The molecule has 1 saturated heterocycles. The lowest BCUT2D eigenvalue weighted by Gasteiger charge is -2.32. The van der Waals surface area contributed by atoms with Gasteiger partial charge in [-0.2, -0.15) is 4.37 Å². The molecule has 0 radical (unpaired) electrons. The number of ether oxygens (including phenoxy) is 1. The summed E-state index contributed by atoms with van der Waals surface area (Å²) in [4.78, 5) is 2.48. The normalized spacial score (nSPS) is 21.5. The highest BCUT2D eigenvalue weighted by atomic mass is 32.1. The summed E-state index contributed by atoms with van der Waals surface area (Å²) < 4.78 is 9.61. The van der Waals surface area contributed by atoms with E-state index in [2.05, 4.69) is 9.27 Å². The number of anilines is 2. The van der Waals surface area contributed by atoms with E-state index in [1.165, 1.54) is 36.2 Å². The monoisotopic (exact) mass is 267 g/mol. The molecule has 3 rings (SSSR count). The fraction of sp³-hybridized carbons (Fsp3) is 0.769. The maximum Gasteiger partial charge on any atom is 0.142 e. The topological polar surface area (TPSA) is 51.4 Å². The standard InChI is InChI=1S/C13H21N3OS/c1-17-8-9-4-6-16(7-5-9)13-11(10-2-3-10)12(14)15-18-13/h9-10H,2-8H2,1H3,(H2,14,15). The molecule has 1 aliphatic carbocycles. The molecule has 1 aromatic heterocycles. The van der Waals surface area contributed by atoms with Crippen molar-refractivity contribution in [1.82, 2.24) is 4.37 Å². The molecule has 100 valence electrons. The molecular formula is C13H21N3OS. The van der Waals surface area contributed by atoms with Crippen molar-refractivity contribution in [2.45, 2.75) is 31.6 Å². The molecule has 1 saturated carbocycles. The Morgan fingerprint density at radius 2 is 2.06 bits per heavy atom. The van der Waals surface area contributed by atoms with Crippen LogP contribution in [0.25, 0.3) is 0 Å². The largest absolute Gasteiger partial charge is 0.384 e. The van der Waals surface area contributed by atoms with Gasteiger partial charge >= 0.3 is 0 Å². The summed E-state index contributed by atoms with van der Waals surface area (Å²) in [5.74, 6) is 2.19. The van der Waals surface area contributed by atoms with E-state index in [-0.39, 0.29) is 0 Å². The number of hydrogen-bond acceptors (Lipinski definition) is 5. The van der Waals surface area contributed by atoms with E-state index in [1.807, 2.05) is 0 Å². The van der Waals surface area contributed by atoms with E-state index in [9.17, 15) is 0 Å². The summed E-state index contributed by atoms with van der Waals surface area (Å²) in [7, 11) is 1.79. The predicted octanol–water partition coefficient (Wildman–Crippen LogP) is 2.47. The van der Waals surface area contributed by atoms with Gasteiger partial charge in [-0.3, -0.25) is 0 Å². The molecule has 18 heavy (non-hydrogen) atoms. The van der Waals surface area contributed by atoms with Crippen molar-refractivity contribution in [2.75, 3.05) is 37.4 Å². The van der Waals surface area contributed by atoms with E-state index in [0.717, 1.165) is 31.4 Å². The zero-order valence-electron chi connectivity index (χ0n) is 10.9. The predicted molar refractivity (Wildman–Crippen MR) is 75.3 cm³/mol. The van der Waals surface area contributed by atoms with Crippen molar-refractivity contribution < 1.29 is 4.74 Å². The van der Waals surface area contributed by atoms with Crippen LogP contribution < -0.4 is 10.6 Å². The van der Waals surface area contributed by atoms with Crippen molar-refractivity contribution >= 4 is 22.4 Å². The third-order valence-corrected chi connectivity index (χ3v) is 4.97. The Hall–Kier alpha value is -0.810. The van der Waals surface area contributed by atoms with Gasteiger partial charge in [-0.25, -0.2) is 0 Å². The summed E-state index contributed by atoms with van der Waals surface area (Å²) in [5.41, 5.74) is 7.35. The number of piperidine rings is 1. The third-order valence-electron chi connectivity index (χ3n) is 4.03. The molecule has 2 N–H and O–H groups in total. The average molecular weight is 267 g/mol. The molecule has 0 spiro atoms. The van der Waals surface area contributed by atoms with Crippen molar-refractivity contribution in [3.8, 4) is 0 Å². The average Bonchev–Trinajstić information content (AvgIpc) is 3.14. The fourth-order valence-electron chi connectivity index (χ4n) is 2.82. The minimum absolute atomic E-state index is 0.690. The first-order valence-electron chi connectivity index (χ1n) is 6.78. The second-order valence-electron chi connectivity index (χ2n) is 5.45. The van der Waals surface area contributed by atoms with Crippen LogP contribution in [0.2, 0.25) is 0 Å². The molecule has 0 aromatic carbocycles. The van der Waals surface area contributed by atoms with Crippen LogP contribution in [0.15, 0.2) is 0 Å². The van der Waals surface area contributed by atoms with E-state index in [0.29, 0.717) is 5.92 Å². The summed E-state index contributed by atoms with van der Waals surface area (Å²) in [6, 6.07) is 0. The lowest BCUT2D eigenvalue weighted by Crippen LogP contribution is -2.35. The Bertz CT molecular complexity index is 408. The zero-order valence-corrected chi connectivity index (χ0v) is 11.7. The van der Waals surface area contributed by atoms with Gasteiger partial charge in [-0.05, 0) is 49.1 Å². The van der Waals surface area contributed by atoms with Crippen LogP contribution in [-0.2, 0) is 4.74 Å². The molecule has 0 atom stereocenters. The molecule has 0 amide bonds. The van der Waals surface area contributed by atoms with Gasteiger partial charge in [-0.1, -0.05) is 0 Å². The van der Waals surface area contributed by atoms with Crippen molar-refractivity contribution in [1.29, 1.82) is 0 Å². The number of aromatic nitrogens is 1. The van der Waals surface area contributed by atoms with Crippen LogP contribution >= 0.6 is 11.5 Å². The molecule has 2 fully saturated rings. The first kappa shape index (κ1) is 12.2. The third kappa shape index (κ3) is 2.34. The maximum atomic E-state index is 6.02. The van der Waals surface area contributed by atoms with Gasteiger partial charge in [0, 0.05) is 32.4 Å². The number of methoxy groups -OCH3 is 1. The minimum Gasteiger partial charge on any atom is -0.384 e. The van der Waals surface area contributed by atoms with Gasteiger partial charge < -0.3 is 15.4 Å². The van der Waals surface area contributed by atoms with Crippen LogP contribution in [0.1, 0.15) is 37.2 Å². The van der Waals surface area contributed by atoms with Gasteiger partial charge in [0.25, 0.3) is 0 Å². The van der Waals surface area contributed by atoms with Crippen molar-refractivity contribution in [3.05, 3.63) is 5.56 Å². The van der Waals surface area contributed by atoms with E-state index in [1.54, 1.807) is 18.6 Å².